The van der Waals surface area contributed by atoms with E-state index in [0.29, 0.717) is 43.0 Å². The molecular formula is C46H52BBrN6O8. The number of ether oxygens (including phenoxy) is 4. The van der Waals surface area contributed by atoms with Crippen molar-refractivity contribution < 1.29 is 38.6 Å². The van der Waals surface area contributed by atoms with E-state index >= 15 is 0 Å². The van der Waals surface area contributed by atoms with Gasteiger partial charge in [0, 0.05) is 55.8 Å². The van der Waals surface area contributed by atoms with E-state index in [1.54, 1.807) is 32.3 Å². The summed E-state index contributed by atoms with van der Waals surface area (Å²) in [5.74, 6) is 1.65. The molecule has 4 unspecified atom stereocenters. The lowest BCUT2D eigenvalue weighted by molar-refractivity contribution is -0.139. The average Bonchev–Trinajstić information content (AvgIpc) is 3.59. The van der Waals surface area contributed by atoms with Crippen LogP contribution in [0.3, 0.4) is 0 Å². The fourth-order valence-electron chi connectivity index (χ4n) is 9.43. The van der Waals surface area contributed by atoms with Crippen molar-refractivity contribution in [3.8, 4) is 22.6 Å². The summed E-state index contributed by atoms with van der Waals surface area (Å²) in [6, 6.07) is 27.2. The lowest BCUT2D eigenvalue weighted by atomic mass is 9.74. The number of hydrogen-bond donors (Lipinski definition) is 4. The molecule has 0 saturated carbocycles. The van der Waals surface area contributed by atoms with E-state index < -0.39 is 29.4 Å². The summed E-state index contributed by atoms with van der Waals surface area (Å²) < 4.78 is 25.1. The van der Waals surface area contributed by atoms with Gasteiger partial charge >= 0.3 is 7.12 Å². The number of hydrogen-bond acceptors (Lipinski definition) is 12. The van der Waals surface area contributed by atoms with Crippen LogP contribution in [0.4, 0.5) is 0 Å². The van der Waals surface area contributed by atoms with Crippen LogP contribution in [0.2, 0.25) is 0 Å². The van der Waals surface area contributed by atoms with Gasteiger partial charge in [-0.1, -0.05) is 81.7 Å². The zero-order chi connectivity index (χ0) is 44.0. The first-order valence-corrected chi connectivity index (χ1v) is 21.6. The summed E-state index contributed by atoms with van der Waals surface area (Å²) in [4.78, 5) is 38.6. The maximum absolute atomic E-state index is 13.4. The zero-order valence-corrected chi connectivity index (χ0v) is 37.0. The first-order chi connectivity index (χ1) is 29.6. The monoisotopic (exact) mass is 906 g/mol. The number of carbonyl (C=O) groups is 2. The summed E-state index contributed by atoms with van der Waals surface area (Å²) in [5, 5.41) is 17.4. The maximum atomic E-state index is 13.4. The number of carbonyl (C=O) groups excluding carboxylic acids is 2. The van der Waals surface area contributed by atoms with Crippen LogP contribution in [-0.2, 0) is 30.1 Å². The SMILES string of the molecule is CN1C(=O)C2(CC3(CCCOC3)Oc3ccc(Br)cc32)N=C1N.Cc1cccc(-c2ccc3c(c2)C2(CC4(CCCOC4)O3)N=C(N)N(C)C2=O)c1.Cc1cccc(B(O)O)c1. The van der Waals surface area contributed by atoms with Gasteiger partial charge in [-0.3, -0.25) is 19.4 Å². The molecule has 0 bridgehead atoms. The first kappa shape index (κ1) is 43.4. The van der Waals surface area contributed by atoms with Crippen molar-refractivity contribution in [3.63, 3.8) is 0 Å². The van der Waals surface area contributed by atoms with Crippen molar-refractivity contribution in [2.75, 3.05) is 40.5 Å². The summed E-state index contributed by atoms with van der Waals surface area (Å²) >= 11 is 3.47. The maximum Gasteiger partial charge on any atom is 0.488 e. The molecule has 6 aliphatic rings. The highest BCUT2D eigenvalue weighted by Gasteiger charge is 2.60. The molecule has 10 rings (SSSR count). The van der Waals surface area contributed by atoms with Crippen LogP contribution in [-0.4, -0.2) is 102 Å². The Balaban J connectivity index is 0.000000143. The first-order valence-electron chi connectivity index (χ1n) is 20.8. The highest BCUT2D eigenvalue weighted by atomic mass is 79.9. The van der Waals surface area contributed by atoms with Gasteiger partial charge in [0.05, 0.1) is 13.2 Å². The molecule has 4 atom stereocenters. The molecule has 0 radical (unpaired) electrons. The molecule has 4 spiro atoms. The van der Waals surface area contributed by atoms with Gasteiger partial charge in [0.25, 0.3) is 11.8 Å². The zero-order valence-electron chi connectivity index (χ0n) is 35.4. The van der Waals surface area contributed by atoms with Gasteiger partial charge < -0.3 is 40.5 Å². The number of aliphatic imine (C=N–C) groups is 2. The number of guanidine groups is 2. The molecule has 6 heterocycles. The fraction of sp³-hybridized carbons (Fsp3) is 0.391. The van der Waals surface area contributed by atoms with Crippen LogP contribution in [0, 0.1) is 13.8 Å². The number of amides is 2. The second kappa shape index (κ2) is 16.8. The van der Waals surface area contributed by atoms with Crippen LogP contribution in [0.15, 0.2) is 99.4 Å². The van der Waals surface area contributed by atoms with Crippen LogP contribution < -0.4 is 26.4 Å². The van der Waals surface area contributed by atoms with E-state index in [4.69, 9.17) is 45.5 Å². The van der Waals surface area contributed by atoms with Gasteiger partial charge in [-0.05, 0) is 86.5 Å². The molecule has 6 N–H and O–H groups in total. The van der Waals surface area contributed by atoms with Gasteiger partial charge in [-0.25, -0.2) is 9.98 Å². The van der Waals surface area contributed by atoms with E-state index in [1.807, 2.05) is 55.5 Å². The third kappa shape index (κ3) is 7.98. The third-order valence-electron chi connectivity index (χ3n) is 12.5. The molecule has 4 aromatic rings. The summed E-state index contributed by atoms with van der Waals surface area (Å²) in [7, 11) is 1.99. The number of aryl methyl sites for hydroxylation is 2. The highest BCUT2D eigenvalue weighted by molar-refractivity contribution is 9.10. The standard InChI is InChI=1S/C23H25N3O3.C16H18BrN3O3.C7H9BO2/c1-15-5-3-6-16(11-15)17-7-8-19-18(12-17)23(20(27)26(2)21(24)25-23)13-22(29-19)9-4-10-28-14-22;1-20-13(21)16(19-14(20)18)8-15(5-2-6-22-9-15)23-12-4-3-10(17)7-11(12)16;1-6-3-2-4-7(5-6)8(9)10/h3,5-8,11-12H,4,9-10,13-14H2,1-2H3,(H2,24,25);3-4,7H,2,5-6,8-9H2,1H3,(H2,18,19);2-5,9-10H,1H3. The number of halogens is 1. The normalized spacial score (nSPS) is 27.0. The number of fused-ring (bicyclic) bond motifs is 4. The smallest absolute Gasteiger partial charge is 0.484 e. The van der Waals surface area contributed by atoms with E-state index in [-0.39, 0.29) is 23.7 Å². The van der Waals surface area contributed by atoms with Gasteiger partial charge in [-0.2, -0.15) is 0 Å². The number of likely N-dealkylation sites (N-methyl/N-ethyl adjacent to an activating group) is 2. The Labute approximate surface area is 370 Å². The largest absolute Gasteiger partial charge is 0.488 e. The van der Waals surface area contributed by atoms with Crippen molar-refractivity contribution in [1.82, 2.24) is 9.80 Å². The average molecular weight is 908 g/mol. The van der Waals surface area contributed by atoms with Crippen LogP contribution >= 0.6 is 15.9 Å². The van der Waals surface area contributed by atoms with Crippen molar-refractivity contribution in [1.29, 1.82) is 0 Å². The van der Waals surface area contributed by atoms with Crippen molar-refractivity contribution in [3.05, 3.63) is 112 Å². The predicted molar refractivity (Wildman–Crippen MR) is 240 cm³/mol. The Hall–Kier alpha value is -5.26. The molecule has 324 valence electrons. The Kier molecular flexibility index (Phi) is 11.8. The van der Waals surface area contributed by atoms with Gasteiger partial charge in [0.1, 0.15) is 22.7 Å². The lowest BCUT2D eigenvalue weighted by Crippen LogP contribution is -2.55. The van der Waals surface area contributed by atoms with Gasteiger partial charge in [-0.15, -0.1) is 0 Å². The summed E-state index contributed by atoms with van der Waals surface area (Å²) in [6.45, 7) is 6.35. The number of rotatable bonds is 2. The van der Waals surface area contributed by atoms with Crippen molar-refractivity contribution >= 4 is 52.2 Å². The molecule has 2 fully saturated rings. The van der Waals surface area contributed by atoms with Crippen LogP contribution in [0.25, 0.3) is 11.1 Å². The number of nitrogens with two attached hydrogens (primary N) is 2. The van der Waals surface area contributed by atoms with E-state index in [0.717, 1.165) is 71.2 Å². The Bertz CT molecular complexity index is 2450. The number of nitrogens with zero attached hydrogens (tertiary/aromatic N) is 4. The Morgan fingerprint density at radius 2 is 1.18 bits per heavy atom. The predicted octanol–water partition coefficient (Wildman–Crippen LogP) is 4.41. The van der Waals surface area contributed by atoms with E-state index in [1.165, 1.54) is 15.4 Å². The molecular weight excluding hydrogens is 855 g/mol. The molecule has 0 aliphatic carbocycles. The molecule has 0 aromatic heterocycles. The van der Waals surface area contributed by atoms with Gasteiger partial charge in [0.2, 0.25) is 0 Å². The van der Waals surface area contributed by atoms with Crippen LogP contribution in [0.1, 0.15) is 60.8 Å². The Morgan fingerprint density at radius 1 is 0.677 bits per heavy atom. The minimum Gasteiger partial charge on any atom is -0.484 e. The molecule has 62 heavy (non-hydrogen) atoms. The highest BCUT2D eigenvalue weighted by Crippen LogP contribution is 2.53. The molecule has 2 amide bonds. The quantitative estimate of drug-likeness (QED) is 0.210. The fourth-order valence-corrected chi connectivity index (χ4v) is 9.79. The van der Waals surface area contributed by atoms with Crippen molar-refractivity contribution in [2.24, 2.45) is 21.5 Å². The lowest BCUT2D eigenvalue weighted by Gasteiger charge is -2.46. The summed E-state index contributed by atoms with van der Waals surface area (Å²) in [5.41, 5.74) is 15.3. The second-order valence-corrected chi connectivity index (χ2v) is 18.0. The molecule has 4 aromatic carbocycles. The molecule has 16 heteroatoms. The van der Waals surface area contributed by atoms with E-state index in [2.05, 4.69) is 46.0 Å². The third-order valence-corrected chi connectivity index (χ3v) is 13.0. The number of benzene rings is 4. The van der Waals surface area contributed by atoms with Gasteiger partial charge in [0.15, 0.2) is 23.0 Å². The second-order valence-electron chi connectivity index (χ2n) is 17.1. The van der Waals surface area contributed by atoms with Crippen LogP contribution in [0.5, 0.6) is 11.5 Å². The minimum atomic E-state index is -1.35. The minimum absolute atomic E-state index is 0.106. The summed E-state index contributed by atoms with van der Waals surface area (Å²) in [6.07, 6.45) is 4.37. The molecule has 6 aliphatic heterocycles. The van der Waals surface area contributed by atoms with Crippen molar-refractivity contribution in [2.45, 2.75) is 74.7 Å². The topological polar surface area (TPSA) is 195 Å². The molecule has 2 saturated heterocycles. The van der Waals surface area contributed by atoms with E-state index in [9.17, 15) is 9.59 Å². The Morgan fingerprint density at radius 3 is 1.63 bits per heavy atom. The molecule has 14 nitrogen and oxygen atoms in total.